The molecule has 1 aliphatic rings. The van der Waals surface area contributed by atoms with Gasteiger partial charge in [0.2, 0.25) is 0 Å². The normalized spacial score (nSPS) is 13.5. The van der Waals surface area contributed by atoms with Crippen molar-refractivity contribution >= 4 is 33.0 Å². The smallest absolute Gasteiger partial charge is 0.258 e. The van der Waals surface area contributed by atoms with Crippen LogP contribution in [0.5, 0.6) is 11.5 Å². The molecule has 0 N–H and O–H groups in total. The topological polar surface area (TPSA) is 72.9 Å². The van der Waals surface area contributed by atoms with Gasteiger partial charge in [-0.25, -0.2) is 8.42 Å². The van der Waals surface area contributed by atoms with Gasteiger partial charge < -0.3 is 14.4 Å². The van der Waals surface area contributed by atoms with Crippen molar-refractivity contribution in [3.05, 3.63) is 47.0 Å². The highest BCUT2D eigenvalue weighted by atomic mass is 35.5. The maximum absolute atomic E-state index is 13.2. The average Bonchev–Trinajstić information content (AvgIpc) is 2.61. The van der Waals surface area contributed by atoms with Crippen molar-refractivity contribution in [2.75, 3.05) is 24.4 Å². The molecule has 1 amide bonds. The van der Waals surface area contributed by atoms with Crippen LogP contribution in [0.25, 0.3) is 0 Å². The van der Waals surface area contributed by atoms with Gasteiger partial charge in [-0.1, -0.05) is 11.6 Å². The second kappa shape index (κ2) is 7.40. The average molecular weight is 410 g/mol. The van der Waals surface area contributed by atoms with E-state index in [0.29, 0.717) is 41.0 Å². The molecule has 0 aliphatic carbocycles. The third-order valence-corrected chi connectivity index (χ3v) is 5.53. The summed E-state index contributed by atoms with van der Waals surface area (Å²) in [6.07, 6.45) is 1.14. The number of ether oxygens (including phenoxy) is 2. The van der Waals surface area contributed by atoms with Crippen molar-refractivity contribution in [3.8, 4) is 11.5 Å². The number of amides is 1. The molecule has 0 radical (unpaired) electrons. The van der Waals surface area contributed by atoms with Gasteiger partial charge in [0.05, 0.1) is 9.92 Å². The Bertz CT molecular complexity index is 970. The molecule has 0 saturated carbocycles. The first-order valence-electron chi connectivity index (χ1n) is 8.41. The quantitative estimate of drug-likeness (QED) is 0.771. The Hall–Kier alpha value is -2.25. The predicted molar refractivity (Wildman–Crippen MR) is 104 cm³/mol. The summed E-state index contributed by atoms with van der Waals surface area (Å²) < 4.78 is 34.3. The van der Waals surface area contributed by atoms with Gasteiger partial charge >= 0.3 is 0 Å². The lowest BCUT2D eigenvalue weighted by Crippen LogP contribution is -2.37. The zero-order valence-corrected chi connectivity index (χ0v) is 16.8. The molecule has 1 heterocycles. The number of hydrogen-bond donors (Lipinski definition) is 0. The molecule has 27 heavy (non-hydrogen) atoms. The van der Waals surface area contributed by atoms with Gasteiger partial charge in [-0.3, -0.25) is 4.79 Å². The summed E-state index contributed by atoms with van der Waals surface area (Å²) in [5.74, 6) is 0.609. The number of benzene rings is 2. The zero-order chi connectivity index (χ0) is 19.8. The molecule has 0 spiro atoms. The van der Waals surface area contributed by atoms with Gasteiger partial charge in [0.15, 0.2) is 21.3 Å². The second-order valence-corrected chi connectivity index (χ2v) is 8.94. The van der Waals surface area contributed by atoms with Crippen LogP contribution in [-0.4, -0.2) is 39.8 Å². The van der Waals surface area contributed by atoms with Gasteiger partial charge in [0.25, 0.3) is 5.91 Å². The molecule has 0 bridgehead atoms. The van der Waals surface area contributed by atoms with Crippen molar-refractivity contribution in [3.63, 3.8) is 0 Å². The van der Waals surface area contributed by atoms with Crippen LogP contribution < -0.4 is 14.4 Å². The minimum absolute atomic E-state index is 0.159. The maximum Gasteiger partial charge on any atom is 0.258 e. The number of carbonyl (C=O) groups is 1. The number of carbonyl (C=O) groups excluding carboxylic acids is 1. The van der Waals surface area contributed by atoms with E-state index in [2.05, 4.69) is 0 Å². The van der Waals surface area contributed by atoms with E-state index in [9.17, 15) is 13.2 Å². The Balaban J connectivity index is 1.98. The standard InChI is InChI=1S/C19H20ClNO5S/c1-12(2)21(14-4-6-15(7-5-14)27(3,23)24)19(22)13-10-16(20)18-17(11-13)25-8-9-26-18/h4-7,10-12H,8-9H2,1-3H3. The third kappa shape index (κ3) is 4.04. The summed E-state index contributed by atoms with van der Waals surface area (Å²) >= 11 is 6.25. The minimum Gasteiger partial charge on any atom is -0.486 e. The first kappa shape index (κ1) is 19.5. The van der Waals surface area contributed by atoms with E-state index in [4.69, 9.17) is 21.1 Å². The van der Waals surface area contributed by atoms with E-state index in [1.54, 1.807) is 29.2 Å². The monoisotopic (exact) mass is 409 g/mol. The largest absolute Gasteiger partial charge is 0.486 e. The van der Waals surface area contributed by atoms with Crippen LogP contribution in [0.4, 0.5) is 5.69 Å². The van der Waals surface area contributed by atoms with E-state index >= 15 is 0 Å². The summed E-state index contributed by atoms with van der Waals surface area (Å²) in [4.78, 5) is 14.9. The Kier molecular flexibility index (Phi) is 5.35. The predicted octanol–water partition coefficient (Wildman–Crippen LogP) is 3.57. The highest BCUT2D eigenvalue weighted by molar-refractivity contribution is 7.90. The molecular formula is C19H20ClNO5S. The lowest BCUT2D eigenvalue weighted by Gasteiger charge is -2.28. The number of hydrogen-bond acceptors (Lipinski definition) is 5. The summed E-state index contributed by atoms with van der Waals surface area (Å²) in [5, 5.41) is 0.312. The lowest BCUT2D eigenvalue weighted by atomic mass is 10.1. The van der Waals surface area contributed by atoms with E-state index in [1.807, 2.05) is 13.8 Å². The van der Waals surface area contributed by atoms with Crippen molar-refractivity contribution in [1.29, 1.82) is 0 Å². The number of anilines is 1. The van der Waals surface area contributed by atoms with Crippen molar-refractivity contribution in [1.82, 2.24) is 0 Å². The molecular weight excluding hydrogens is 390 g/mol. The van der Waals surface area contributed by atoms with Gasteiger partial charge in [-0.15, -0.1) is 0 Å². The summed E-state index contributed by atoms with van der Waals surface area (Å²) in [6.45, 7) is 4.55. The van der Waals surface area contributed by atoms with Crippen molar-refractivity contribution < 1.29 is 22.7 Å². The minimum atomic E-state index is -3.31. The van der Waals surface area contributed by atoms with Gasteiger partial charge in [-0.2, -0.15) is 0 Å². The fourth-order valence-electron chi connectivity index (χ4n) is 2.88. The van der Waals surface area contributed by atoms with Crippen LogP contribution in [0.3, 0.4) is 0 Å². The van der Waals surface area contributed by atoms with Gasteiger partial charge in [0, 0.05) is 23.5 Å². The molecule has 2 aromatic rings. The Labute approximate surface area is 163 Å². The first-order valence-corrected chi connectivity index (χ1v) is 10.7. The molecule has 0 atom stereocenters. The lowest BCUT2D eigenvalue weighted by molar-refractivity contribution is 0.0979. The molecule has 2 aromatic carbocycles. The zero-order valence-electron chi connectivity index (χ0n) is 15.2. The molecule has 8 heteroatoms. The molecule has 0 unspecified atom stereocenters. The first-order chi connectivity index (χ1) is 12.7. The molecule has 3 rings (SSSR count). The van der Waals surface area contributed by atoms with Crippen LogP contribution in [0.1, 0.15) is 24.2 Å². The number of halogens is 1. The Morgan fingerprint density at radius 3 is 2.33 bits per heavy atom. The van der Waals surface area contributed by atoms with E-state index < -0.39 is 9.84 Å². The van der Waals surface area contributed by atoms with Crippen LogP contribution in [0.2, 0.25) is 5.02 Å². The third-order valence-electron chi connectivity index (χ3n) is 4.12. The van der Waals surface area contributed by atoms with Crippen molar-refractivity contribution in [2.24, 2.45) is 0 Å². The molecule has 1 aliphatic heterocycles. The molecule has 0 aromatic heterocycles. The highest BCUT2D eigenvalue weighted by Crippen LogP contribution is 2.39. The Morgan fingerprint density at radius 1 is 1.11 bits per heavy atom. The number of fused-ring (bicyclic) bond motifs is 1. The van der Waals surface area contributed by atoms with Crippen LogP contribution in [0, 0.1) is 0 Å². The van der Waals surface area contributed by atoms with E-state index in [1.165, 1.54) is 12.1 Å². The van der Waals surface area contributed by atoms with Gasteiger partial charge in [-0.05, 0) is 50.2 Å². The summed E-state index contributed by atoms with van der Waals surface area (Å²) in [7, 11) is -3.31. The summed E-state index contributed by atoms with van der Waals surface area (Å²) in [6, 6.07) is 9.23. The van der Waals surface area contributed by atoms with E-state index in [-0.39, 0.29) is 16.8 Å². The highest BCUT2D eigenvalue weighted by Gasteiger charge is 2.25. The molecule has 0 saturated heterocycles. The number of nitrogens with zero attached hydrogens (tertiary/aromatic N) is 1. The fraction of sp³-hybridized carbons (Fsp3) is 0.316. The molecule has 6 nitrogen and oxygen atoms in total. The van der Waals surface area contributed by atoms with Crippen molar-refractivity contribution in [2.45, 2.75) is 24.8 Å². The Morgan fingerprint density at radius 2 is 1.74 bits per heavy atom. The van der Waals surface area contributed by atoms with Crippen LogP contribution >= 0.6 is 11.6 Å². The van der Waals surface area contributed by atoms with E-state index in [0.717, 1.165) is 6.26 Å². The van der Waals surface area contributed by atoms with Crippen LogP contribution in [-0.2, 0) is 9.84 Å². The fourth-order valence-corrected chi connectivity index (χ4v) is 3.77. The number of sulfone groups is 1. The molecule has 144 valence electrons. The second-order valence-electron chi connectivity index (χ2n) is 6.52. The SMILES string of the molecule is CC(C)N(C(=O)c1cc(Cl)c2c(c1)OCCO2)c1ccc(S(C)(=O)=O)cc1. The summed E-state index contributed by atoms with van der Waals surface area (Å²) in [5.41, 5.74) is 0.957. The number of rotatable bonds is 4. The van der Waals surface area contributed by atoms with Gasteiger partial charge in [0.1, 0.15) is 13.2 Å². The maximum atomic E-state index is 13.2. The molecule has 0 fully saturated rings. The van der Waals surface area contributed by atoms with Crippen LogP contribution in [0.15, 0.2) is 41.3 Å².